The van der Waals surface area contributed by atoms with E-state index in [1.165, 1.54) is 103 Å². The van der Waals surface area contributed by atoms with E-state index in [1.54, 1.807) is 0 Å². The third-order valence-corrected chi connectivity index (χ3v) is 10.6. The summed E-state index contributed by atoms with van der Waals surface area (Å²) in [6, 6.07) is -0.730. The quantitative estimate of drug-likeness (QED) is 0.0324. The maximum absolute atomic E-state index is 13.2. The highest BCUT2D eigenvalue weighted by atomic mass is 16.5. The van der Waals surface area contributed by atoms with Gasteiger partial charge in [-0.2, -0.15) is 0 Å². The molecule has 0 aliphatic rings. The van der Waals surface area contributed by atoms with Gasteiger partial charge in [0.15, 0.2) is 0 Å². The molecule has 0 aliphatic heterocycles. The van der Waals surface area contributed by atoms with E-state index in [0.29, 0.717) is 19.3 Å². The molecule has 59 heavy (non-hydrogen) atoms. The predicted molar refractivity (Wildman–Crippen MR) is 254 cm³/mol. The van der Waals surface area contributed by atoms with Gasteiger partial charge in [-0.15, -0.1) is 0 Å². The summed E-state index contributed by atoms with van der Waals surface area (Å²) in [6.45, 7) is 6.27. The Morgan fingerprint density at radius 3 is 1.47 bits per heavy atom. The molecule has 0 aromatic carbocycles. The highest BCUT2D eigenvalue weighted by molar-refractivity contribution is 5.77. The minimum absolute atomic E-state index is 0.0199. The van der Waals surface area contributed by atoms with Crippen LogP contribution in [0.5, 0.6) is 0 Å². The molecule has 338 valence electrons. The molecule has 6 heteroatoms. The lowest BCUT2D eigenvalue weighted by Gasteiger charge is -2.24. The number of aliphatic hydroxyl groups is 2. The van der Waals surface area contributed by atoms with Crippen LogP contribution in [0.1, 0.15) is 213 Å². The van der Waals surface area contributed by atoms with E-state index < -0.39 is 18.2 Å². The average Bonchev–Trinajstić information content (AvgIpc) is 3.23. The van der Waals surface area contributed by atoms with E-state index >= 15 is 0 Å². The lowest BCUT2D eigenvalue weighted by atomic mass is 10.0. The standard InChI is InChI=1S/C53H91NO5/c1-4-7-10-13-16-19-22-25-26-28-31-34-37-40-43-46-53(58)59-49(44-41-38-35-32-29-27-23-20-17-14-11-8-5-2)47-52(57)54-50(48-55)51(56)45-42-39-36-33-30-24-21-18-15-12-9-6-3/h8,11,14,16-17,19-20,22-23,25,27,29,32,35,49-51,55-56H,4-7,9-10,12-13,15,18,21,24,26,28,30-31,33-34,36-48H2,1-3H3,(H,54,57)/b11-8+,17-14+,19-16+,23-20-,25-22+,29-27-,35-32+. The maximum Gasteiger partial charge on any atom is 0.306 e. The number of unbranched alkanes of at least 4 members (excludes halogenated alkanes) is 21. The van der Waals surface area contributed by atoms with Crippen LogP contribution in [0, 0.1) is 0 Å². The summed E-state index contributed by atoms with van der Waals surface area (Å²) in [7, 11) is 0. The molecule has 0 aromatic heterocycles. The molecule has 0 aliphatic carbocycles. The van der Waals surface area contributed by atoms with Crippen LogP contribution < -0.4 is 5.32 Å². The molecule has 0 spiro atoms. The molecule has 1 amide bonds. The third kappa shape index (κ3) is 41.6. The number of allylic oxidation sites excluding steroid dienone is 14. The number of nitrogens with one attached hydrogen (secondary N) is 1. The van der Waals surface area contributed by atoms with Crippen LogP contribution in [-0.2, 0) is 14.3 Å². The Bertz CT molecular complexity index is 1150. The van der Waals surface area contributed by atoms with Crippen LogP contribution in [0.2, 0.25) is 0 Å². The third-order valence-electron chi connectivity index (χ3n) is 10.6. The van der Waals surface area contributed by atoms with Gasteiger partial charge in [-0.1, -0.05) is 221 Å². The molecule has 3 N–H and O–H groups in total. The Labute approximate surface area is 363 Å². The fraction of sp³-hybridized carbons (Fsp3) is 0.698. The van der Waals surface area contributed by atoms with Crippen molar-refractivity contribution in [1.29, 1.82) is 0 Å². The van der Waals surface area contributed by atoms with Gasteiger partial charge in [-0.25, -0.2) is 0 Å². The molecule has 0 bridgehead atoms. The Hall–Kier alpha value is -2.96. The van der Waals surface area contributed by atoms with Crippen LogP contribution in [0.15, 0.2) is 85.1 Å². The zero-order valence-electron chi connectivity index (χ0n) is 38.4. The first kappa shape index (κ1) is 56.0. The normalized spacial score (nSPS) is 14.1. The number of rotatable bonds is 42. The van der Waals surface area contributed by atoms with Crippen LogP contribution in [0.3, 0.4) is 0 Å². The second-order valence-electron chi connectivity index (χ2n) is 16.3. The van der Waals surface area contributed by atoms with Gasteiger partial charge in [0.05, 0.1) is 25.2 Å². The van der Waals surface area contributed by atoms with E-state index in [2.05, 4.69) is 62.5 Å². The molecule has 0 heterocycles. The van der Waals surface area contributed by atoms with Crippen molar-refractivity contribution in [2.24, 2.45) is 0 Å². The minimum atomic E-state index is -0.811. The number of carbonyl (C=O) groups is 2. The van der Waals surface area contributed by atoms with Crippen molar-refractivity contribution in [1.82, 2.24) is 5.32 Å². The van der Waals surface area contributed by atoms with Gasteiger partial charge in [0, 0.05) is 6.42 Å². The van der Waals surface area contributed by atoms with Crippen molar-refractivity contribution in [2.45, 2.75) is 232 Å². The van der Waals surface area contributed by atoms with Crippen molar-refractivity contribution in [3.63, 3.8) is 0 Å². The fourth-order valence-corrected chi connectivity index (χ4v) is 6.92. The average molecular weight is 822 g/mol. The first-order chi connectivity index (χ1) is 29.0. The van der Waals surface area contributed by atoms with Gasteiger partial charge in [-0.05, 0) is 64.2 Å². The van der Waals surface area contributed by atoms with Gasteiger partial charge >= 0.3 is 5.97 Å². The van der Waals surface area contributed by atoms with Crippen LogP contribution in [0.25, 0.3) is 0 Å². The largest absolute Gasteiger partial charge is 0.462 e. The van der Waals surface area contributed by atoms with E-state index in [0.717, 1.165) is 64.2 Å². The van der Waals surface area contributed by atoms with Crippen LogP contribution >= 0.6 is 0 Å². The molecule has 6 nitrogen and oxygen atoms in total. The molecule has 0 radical (unpaired) electrons. The van der Waals surface area contributed by atoms with Crippen molar-refractivity contribution < 1.29 is 24.5 Å². The van der Waals surface area contributed by atoms with Crippen molar-refractivity contribution in [2.75, 3.05) is 6.61 Å². The number of esters is 1. The smallest absolute Gasteiger partial charge is 0.306 e. The van der Waals surface area contributed by atoms with E-state index in [-0.39, 0.29) is 24.9 Å². The first-order valence-corrected chi connectivity index (χ1v) is 24.4. The number of ether oxygens (including phenoxy) is 1. The number of aliphatic hydroxyl groups excluding tert-OH is 2. The summed E-state index contributed by atoms with van der Waals surface area (Å²) in [4.78, 5) is 26.1. The van der Waals surface area contributed by atoms with Gasteiger partial charge in [0.2, 0.25) is 5.91 Å². The van der Waals surface area contributed by atoms with E-state index in [4.69, 9.17) is 4.74 Å². The summed E-state index contributed by atoms with van der Waals surface area (Å²) in [5.74, 6) is -0.566. The summed E-state index contributed by atoms with van der Waals surface area (Å²) >= 11 is 0. The number of hydrogen-bond donors (Lipinski definition) is 3. The van der Waals surface area contributed by atoms with Gasteiger partial charge in [-0.3, -0.25) is 9.59 Å². The zero-order valence-corrected chi connectivity index (χ0v) is 38.4. The number of hydrogen-bond acceptors (Lipinski definition) is 5. The summed E-state index contributed by atoms with van der Waals surface area (Å²) in [5, 5.41) is 23.7. The molecule has 0 aromatic rings. The van der Waals surface area contributed by atoms with Crippen LogP contribution in [0.4, 0.5) is 0 Å². The maximum atomic E-state index is 13.2. The molecular formula is C53H91NO5. The Kier molecular flexibility index (Phi) is 43.8. The van der Waals surface area contributed by atoms with Gasteiger partial charge in [0.25, 0.3) is 0 Å². The van der Waals surface area contributed by atoms with Crippen molar-refractivity contribution in [3.8, 4) is 0 Å². The summed E-state index contributed by atoms with van der Waals surface area (Å²) in [6.07, 6.45) is 59.3. The topological polar surface area (TPSA) is 95.9 Å². The monoisotopic (exact) mass is 822 g/mol. The Morgan fingerprint density at radius 1 is 0.508 bits per heavy atom. The molecule has 0 saturated heterocycles. The molecule has 3 atom stereocenters. The molecule has 0 rings (SSSR count). The summed E-state index contributed by atoms with van der Waals surface area (Å²) in [5.41, 5.74) is 0. The zero-order chi connectivity index (χ0) is 43.1. The van der Waals surface area contributed by atoms with E-state index in [9.17, 15) is 19.8 Å². The van der Waals surface area contributed by atoms with Gasteiger partial charge < -0.3 is 20.3 Å². The second kappa shape index (κ2) is 46.1. The second-order valence-corrected chi connectivity index (χ2v) is 16.3. The molecule has 0 saturated carbocycles. The van der Waals surface area contributed by atoms with Crippen molar-refractivity contribution >= 4 is 11.9 Å². The van der Waals surface area contributed by atoms with Crippen LogP contribution in [-0.4, -0.2) is 46.9 Å². The highest BCUT2D eigenvalue weighted by Crippen LogP contribution is 2.16. The fourth-order valence-electron chi connectivity index (χ4n) is 6.92. The van der Waals surface area contributed by atoms with E-state index in [1.807, 2.05) is 48.6 Å². The predicted octanol–water partition coefficient (Wildman–Crippen LogP) is 14.4. The SMILES string of the molecule is CC/C=C/C=C/C=C\C=C/C=C/CCCC(CC(=O)NC(CO)C(O)CCCCCCCCCCCCCC)OC(=O)CCCCCCCC/C=C/C=C/CCCCC. The van der Waals surface area contributed by atoms with Gasteiger partial charge in [0.1, 0.15) is 6.10 Å². The minimum Gasteiger partial charge on any atom is -0.462 e. The Balaban J connectivity index is 4.73. The molecule has 0 fully saturated rings. The van der Waals surface area contributed by atoms with Crippen molar-refractivity contribution in [3.05, 3.63) is 85.1 Å². The molecule has 3 unspecified atom stereocenters. The first-order valence-electron chi connectivity index (χ1n) is 24.4. The lowest BCUT2D eigenvalue weighted by Crippen LogP contribution is -2.46. The molecular weight excluding hydrogens is 731 g/mol. The Morgan fingerprint density at radius 2 is 0.932 bits per heavy atom. The number of amides is 1. The summed E-state index contributed by atoms with van der Waals surface area (Å²) < 4.78 is 5.88. The lowest BCUT2D eigenvalue weighted by molar-refractivity contribution is -0.151. The number of carbonyl (C=O) groups excluding carboxylic acids is 2. The highest BCUT2D eigenvalue weighted by Gasteiger charge is 2.24.